The molecular weight excluding hydrogens is 208 g/mol. The van der Waals surface area contributed by atoms with Crippen molar-refractivity contribution in [1.82, 2.24) is 4.67 Å². The van der Waals surface area contributed by atoms with Crippen LogP contribution in [0.1, 0.15) is 6.42 Å². The molecule has 66 valence electrons. The molecule has 0 spiro atoms. The lowest BCUT2D eigenvalue weighted by molar-refractivity contribution is 0.222. The van der Waals surface area contributed by atoms with Gasteiger partial charge in [0.25, 0.3) is 0 Å². The number of hydrogen-bond acceptors (Lipinski definition) is 2. The molecule has 1 heterocycles. The Kier molecular flexibility index (Phi) is 3.66. The van der Waals surface area contributed by atoms with E-state index in [9.17, 15) is 4.57 Å². The second-order valence-electron chi connectivity index (χ2n) is 2.28. The van der Waals surface area contributed by atoms with Crippen molar-refractivity contribution in [2.45, 2.75) is 6.42 Å². The van der Waals surface area contributed by atoms with Gasteiger partial charge in [0, 0.05) is 19.0 Å². The molecule has 1 aliphatic rings. The van der Waals surface area contributed by atoms with E-state index in [1.165, 1.54) is 0 Å². The smallest absolute Gasteiger partial charge is 0.306 e. The molecule has 0 aromatic heterocycles. The van der Waals surface area contributed by atoms with Crippen LogP contribution >= 0.6 is 29.7 Å². The predicted octanol–water partition coefficient (Wildman–Crippen LogP) is 2.29. The average molecular weight is 218 g/mol. The van der Waals surface area contributed by atoms with Crippen LogP contribution in [-0.2, 0) is 9.09 Å². The summed E-state index contributed by atoms with van der Waals surface area (Å²) in [5, 5.41) is 0. The predicted molar refractivity (Wildman–Crippen MR) is 46.3 cm³/mol. The molecule has 0 unspecified atom stereocenters. The summed E-state index contributed by atoms with van der Waals surface area (Å²) in [4.78, 5) is 0. The fourth-order valence-corrected chi connectivity index (χ4v) is 3.17. The molecule has 3 nitrogen and oxygen atoms in total. The van der Waals surface area contributed by atoms with Crippen LogP contribution < -0.4 is 0 Å². The van der Waals surface area contributed by atoms with E-state index in [4.69, 9.17) is 27.4 Å². The van der Waals surface area contributed by atoms with Crippen molar-refractivity contribution < 1.29 is 9.09 Å². The van der Waals surface area contributed by atoms with Gasteiger partial charge in [0.05, 0.1) is 6.61 Å². The molecule has 0 radical (unpaired) electrons. The van der Waals surface area contributed by atoms with Gasteiger partial charge in [0.1, 0.15) is 0 Å². The maximum Gasteiger partial charge on any atom is 0.363 e. The van der Waals surface area contributed by atoms with E-state index in [1.54, 1.807) is 4.67 Å². The SMILES string of the molecule is O=[P@@]1(Cl)OCCCN1CCCl. The van der Waals surface area contributed by atoms with Crippen molar-refractivity contribution in [3.05, 3.63) is 0 Å². The monoisotopic (exact) mass is 217 g/mol. The first-order valence-electron chi connectivity index (χ1n) is 3.42. The van der Waals surface area contributed by atoms with Gasteiger partial charge in [-0.25, -0.2) is 4.67 Å². The summed E-state index contributed by atoms with van der Waals surface area (Å²) in [6, 6.07) is 0. The summed E-state index contributed by atoms with van der Waals surface area (Å²) >= 11 is 11.1. The Bertz CT molecular complexity index is 176. The highest BCUT2D eigenvalue weighted by atomic mass is 35.7. The Labute approximate surface area is 75.9 Å². The van der Waals surface area contributed by atoms with E-state index in [2.05, 4.69) is 0 Å². The average Bonchev–Trinajstić information content (AvgIpc) is 1.94. The minimum absolute atomic E-state index is 0.431. The van der Waals surface area contributed by atoms with Gasteiger partial charge in [0.15, 0.2) is 0 Å². The molecule has 0 aromatic carbocycles. The van der Waals surface area contributed by atoms with Crippen LogP contribution in [0, 0.1) is 0 Å². The normalized spacial score (nSPS) is 34.0. The van der Waals surface area contributed by atoms with Crippen molar-refractivity contribution in [3.63, 3.8) is 0 Å². The molecule has 0 aromatic rings. The van der Waals surface area contributed by atoms with Gasteiger partial charge in [-0.2, -0.15) is 0 Å². The summed E-state index contributed by atoms with van der Waals surface area (Å²) in [5.74, 6) is 0.431. The van der Waals surface area contributed by atoms with Crippen LogP contribution in [0.2, 0.25) is 0 Å². The van der Waals surface area contributed by atoms with Crippen LogP contribution in [0.4, 0.5) is 0 Å². The molecule has 0 aliphatic carbocycles. The molecule has 1 aliphatic heterocycles. The number of nitrogens with zero attached hydrogens (tertiary/aromatic N) is 1. The minimum atomic E-state index is -2.99. The van der Waals surface area contributed by atoms with Crippen molar-refractivity contribution in [2.24, 2.45) is 0 Å². The van der Waals surface area contributed by atoms with Crippen LogP contribution in [0.25, 0.3) is 0 Å². The molecule has 6 heteroatoms. The van der Waals surface area contributed by atoms with E-state index in [0.29, 0.717) is 25.6 Å². The first-order valence-corrected chi connectivity index (χ1v) is 6.44. The first-order chi connectivity index (χ1) is 5.17. The zero-order valence-electron chi connectivity index (χ0n) is 6.00. The van der Waals surface area contributed by atoms with Crippen LogP contribution in [-0.4, -0.2) is 30.2 Å². The van der Waals surface area contributed by atoms with Gasteiger partial charge in [0.2, 0.25) is 0 Å². The zero-order valence-corrected chi connectivity index (χ0v) is 8.41. The minimum Gasteiger partial charge on any atom is -0.306 e. The Morgan fingerprint density at radius 1 is 1.64 bits per heavy atom. The highest BCUT2D eigenvalue weighted by molar-refractivity contribution is 7.83. The van der Waals surface area contributed by atoms with E-state index in [-0.39, 0.29) is 0 Å². The molecule has 11 heavy (non-hydrogen) atoms. The number of halogens is 2. The molecule has 1 fully saturated rings. The zero-order chi connectivity index (χ0) is 8.32. The molecule has 0 amide bonds. The first kappa shape index (κ1) is 9.82. The third-order valence-electron chi connectivity index (χ3n) is 1.49. The molecule has 0 saturated carbocycles. The summed E-state index contributed by atoms with van der Waals surface area (Å²) < 4.78 is 17.9. The second kappa shape index (κ2) is 4.11. The largest absolute Gasteiger partial charge is 0.363 e. The summed E-state index contributed by atoms with van der Waals surface area (Å²) in [7, 11) is 0. The van der Waals surface area contributed by atoms with E-state index >= 15 is 0 Å². The second-order valence-corrected chi connectivity index (χ2v) is 5.67. The Morgan fingerprint density at radius 2 is 2.36 bits per heavy atom. The van der Waals surface area contributed by atoms with Crippen molar-refractivity contribution in [2.75, 3.05) is 25.6 Å². The maximum absolute atomic E-state index is 11.4. The number of hydrogen-bond donors (Lipinski definition) is 0. The molecule has 1 rings (SSSR count). The van der Waals surface area contributed by atoms with Gasteiger partial charge in [-0.05, 0) is 17.7 Å². The molecule has 0 bridgehead atoms. The molecule has 1 saturated heterocycles. The van der Waals surface area contributed by atoms with Gasteiger partial charge in [-0.3, -0.25) is 4.57 Å². The third kappa shape index (κ3) is 2.60. The lowest BCUT2D eigenvalue weighted by Gasteiger charge is -2.29. The number of rotatable bonds is 2. The topological polar surface area (TPSA) is 29.5 Å². The van der Waals surface area contributed by atoms with Crippen molar-refractivity contribution in [3.8, 4) is 0 Å². The maximum atomic E-state index is 11.4. The molecule has 1 atom stereocenters. The summed E-state index contributed by atoms with van der Waals surface area (Å²) in [5.41, 5.74) is 0. The van der Waals surface area contributed by atoms with E-state index in [0.717, 1.165) is 6.42 Å². The van der Waals surface area contributed by atoms with E-state index in [1.807, 2.05) is 0 Å². The number of alkyl halides is 1. The lowest BCUT2D eigenvalue weighted by atomic mass is 10.4. The lowest BCUT2D eigenvalue weighted by Crippen LogP contribution is -2.27. The van der Waals surface area contributed by atoms with Crippen molar-refractivity contribution in [1.29, 1.82) is 0 Å². The Balaban J connectivity index is 2.53. The quantitative estimate of drug-likeness (QED) is 0.526. The highest BCUT2D eigenvalue weighted by Crippen LogP contribution is 2.57. The molecular formula is C5H10Cl2NO2P. The van der Waals surface area contributed by atoms with Crippen molar-refractivity contribution >= 4 is 29.7 Å². The van der Waals surface area contributed by atoms with Crippen LogP contribution in [0.5, 0.6) is 0 Å². The van der Waals surface area contributed by atoms with Gasteiger partial charge < -0.3 is 4.52 Å². The van der Waals surface area contributed by atoms with Gasteiger partial charge in [-0.15, -0.1) is 11.6 Å². The van der Waals surface area contributed by atoms with Gasteiger partial charge in [-0.1, -0.05) is 0 Å². The fraction of sp³-hybridized carbons (Fsp3) is 1.00. The van der Waals surface area contributed by atoms with Crippen LogP contribution in [0.15, 0.2) is 0 Å². The molecule has 0 N–H and O–H groups in total. The highest BCUT2D eigenvalue weighted by Gasteiger charge is 2.31. The fourth-order valence-electron chi connectivity index (χ4n) is 0.954. The third-order valence-corrected chi connectivity index (χ3v) is 4.17. The standard InChI is InChI=1S/C5H10Cl2NO2P/c6-2-4-8-3-1-5-10-11(8,7)9/h1-5H2/t11-/m0/s1. The summed E-state index contributed by atoms with van der Waals surface area (Å²) in [6.45, 7) is -1.26. The van der Waals surface area contributed by atoms with E-state index < -0.39 is 6.87 Å². The Morgan fingerprint density at radius 3 is 2.91 bits per heavy atom. The Hall–Kier alpha value is 0.730. The summed E-state index contributed by atoms with van der Waals surface area (Å²) in [6.07, 6.45) is 0.869. The van der Waals surface area contributed by atoms with Crippen LogP contribution in [0.3, 0.4) is 0 Å². The van der Waals surface area contributed by atoms with Gasteiger partial charge >= 0.3 is 6.87 Å².